The number of benzene rings is 1. The zero-order chi connectivity index (χ0) is 16.1. The molecule has 0 aliphatic rings. The Morgan fingerprint density at radius 2 is 1.96 bits per heavy atom. The third kappa shape index (κ3) is 3.50. The summed E-state index contributed by atoms with van der Waals surface area (Å²) in [7, 11) is 0. The van der Waals surface area contributed by atoms with E-state index in [4.69, 9.17) is 5.26 Å². The average Bonchev–Trinajstić information content (AvgIpc) is 2.61. The molecule has 0 bridgehead atoms. The molecule has 0 saturated carbocycles. The van der Waals surface area contributed by atoms with Crippen molar-refractivity contribution in [1.82, 2.24) is 9.97 Å². The fourth-order valence-electron chi connectivity index (χ4n) is 2.31. The molecule has 1 aromatic carbocycles. The number of aryl methyl sites for hydroxylation is 1. The lowest BCUT2D eigenvalue weighted by Crippen LogP contribution is -2.12. The van der Waals surface area contributed by atoms with Crippen LogP contribution in [0.15, 0.2) is 55.0 Å². The highest BCUT2D eigenvalue weighted by Crippen LogP contribution is 2.20. The van der Waals surface area contributed by atoms with E-state index in [9.17, 15) is 4.79 Å². The highest BCUT2D eigenvalue weighted by molar-refractivity contribution is 6.00. The van der Waals surface area contributed by atoms with E-state index in [-0.39, 0.29) is 5.91 Å². The van der Waals surface area contributed by atoms with Gasteiger partial charge in [0.25, 0.3) is 0 Å². The fraction of sp³-hybridized carbons (Fsp3) is 0.111. The lowest BCUT2D eigenvalue weighted by Gasteiger charge is -2.08. The van der Waals surface area contributed by atoms with E-state index in [2.05, 4.69) is 21.4 Å². The highest BCUT2D eigenvalue weighted by atomic mass is 16.1. The minimum absolute atomic E-state index is 0.0642. The zero-order valence-corrected chi connectivity index (χ0v) is 12.4. The Balaban J connectivity index is 1.65. The SMILES string of the molecule is N#Cc1ccc(CCC(=O)Nc2ccnc3ccncc23)cc1. The molecule has 5 heteroatoms. The summed E-state index contributed by atoms with van der Waals surface area (Å²) >= 11 is 0. The number of amides is 1. The summed E-state index contributed by atoms with van der Waals surface area (Å²) in [5, 5.41) is 12.5. The minimum atomic E-state index is -0.0642. The summed E-state index contributed by atoms with van der Waals surface area (Å²) in [6.45, 7) is 0. The number of nitrogens with zero attached hydrogens (tertiary/aromatic N) is 3. The Morgan fingerprint density at radius 1 is 1.13 bits per heavy atom. The number of hydrogen-bond donors (Lipinski definition) is 1. The van der Waals surface area contributed by atoms with Crippen LogP contribution in [-0.4, -0.2) is 15.9 Å². The summed E-state index contributed by atoms with van der Waals surface area (Å²) in [6.07, 6.45) is 6.03. The first-order valence-corrected chi connectivity index (χ1v) is 7.24. The van der Waals surface area contributed by atoms with Gasteiger partial charge in [0.2, 0.25) is 5.91 Å². The quantitative estimate of drug-likeness (QED) is 0.803. The number of fused-ring (bicyclic) bond motifs is 1. The molecule has 112 valence electrons. The van der Waals surface area contributed by atoms with Gasteiger partial charge in [-0.2, -0.15) is 5.26 Å². The molecule has 1 amide bonds. The van der Waals surface area contributed by atoms with Gasteiger partial charge in [0.05, 0.1) is 22.8 Å². The number of carbonyl (C=O) groups is 1. The first-order chi connectivity index (χ1) is 11.3. The molecule has 2 heterocycles. The van der Waals surface area contributed by atoms with Crippen LogP contribution in [-0.2, 0) is 11.2 Å². The molecular weight excluding hydrogens is 288 g/mol. The fourth-order valence-corrected chi connectivity index (χ4v) is 2.31. The topological polar surface area (TPSA) is 78.7 Å². The molecule has 5 nitrogen and oxygen atoms in total. The Bertz CT molecular complexity index is 876. The number of rotatable bonds is 4. The van der Waals surface area contributed by atoms with E-state index < -0.39 is 0 Å². The molecule has 0 aliphatic heterocycles. The predicted octanol–water partition coefficient (Wildman–Crippen LogP) is 3.07. The number of carbonyl (C=O) groups excluding carboxylic acids is 1. The van der Waals surface area contributed by atoms with Gasteiger partial charge in [0.15, 0.2) is 0 Å². The monoisotopic (exact) mass is 302 g/mol. The molecule has 2 aromatic heterocycles. The molecule has 0 fully saturated rings. The molecule has 3 rings (SSSR count). The number of nitriles is 1. The van der Waals surface area contributed by atoms with Crippen molar-refractivity contribution in [2.45, 2.75) is 12.8 Å². The van der Waals surface area contributed by atoms with Crippen LogP contribution in [0.1, 0.15) is 17.5 Å². The van der Waals surface area contributed by atoms with Gasteiger partial charge in [-0.1, -0.05) is 12.1 Å². The van der Waals surface area contributed by atoms with Gasteiger partial charge < -0.3 is 5.32 Å². The van der Waals surface area contributed by atoms with Gasteiger partial charge >= 0.3 is 0 Å². The minimum Gasteiger partial charge on any atom is -0.325 e. The largest absolute Gasteiger partial charge is 0.325 e. The van der Waals surface area contributed by atoms with Gasteiger partial charge in [-0.3, -0.25) is 14.8 Å². The Morgan fingerprint density at radius 3 is 2.74 bits per heavy atom. The lowest BCUT2D eigenvalue weighted by atomic mass is 10.1. The van der Waals surface area contributed by atoms with Crippen molar-refractivity contribution in [3.8, 4) is 6.07 Å². The van der Waals surface area contributed by atoms with E-state index >= 15 is 0 Å². The predicted molar refractivity (Wildman–Crippen MR) is 87.6 cm³/mol. The molecule has 1 N–H and O–H groups in total. The first-order valence-electron chi connectivity index (χ1n) is 7.24. The van der Waals surface area contributed by atoms with Crippen LogP contribution in [0.5, 0.6) is 0 Å². The number of pyridine rings is 2. The number of nitrogens with one attached hydrogen (secondary N) is 1. The third-order valence-corrected chi connectivity index (χ3v) is 3.54. The van der Waals surface area contributed by atoms with Crippen molar-refractivity contribution < 1.29 is 4.79 Å². The van der Waals surface area contributed by atoms with Crippen LogP contribution in [0.4, 0.5) is 5.69 Å². The molecule has 0 radical (unpaired) electrons. The van der Waals surface area contributed by atoms with Crippen LogP contribution >= 0.6 is 0 Å². The van der Waals surface area contributed by atoms with Crippen molar-refractivity contribution in [2.75, 3.05) is 5.32 Å². The van der Waals surface area contributed by atoms with Crippen molar-refractivity contribution in [3.63, 3.8) is 0 Å². The smallest absolute Gasteiger partial charge is 0.224 e. The van der Waals surface area contributed by atoms with Gasteiger partial charge in [-0.15, -0.1) is 0 Å². The van der Waals surface area contributed by atoms with Crippen LogP contribution in [0.2, 0.25) is 0 Å². The normalized spacial score (nSPS) is 10.2. The second-order valence-corrected chi connectivity index (χ2v) is 5.11. The van der Waals surface area contributed by atoms with Gasteiger partial charge in [-0.25, -0.2) is 0 Å². The first kappa shape index (κ1) is 14.7. The summed E-state index contributed by atoms with van der Waals surface area (Å²) in [5.41, 5.74) is 3.16. The average molecular weight is 302 g/mol. The maximum Gasteiger partial charge on any atom is 0.224 e. The molecule has 23 heavy (non-hydrogen) atoms. The van der Waals surface area contributed by atoms with E-state index in [0.29, 0.717) is 24.1 Å². The highest BCUT2D eigenvalue weighted by Gasteiger charge is 2.07. The van der Waals surface area contributed by atoms with E-state index in [0.717, 1.165) is 16.5 Å². The number of aromatic nitrogens is 2. The van der Waals surface area contributed by atoms with E-state index in [1.54, 1.807) is 36.8 Å². The molecular formula is C18H14N4O. The summed E-state index contributed by atoms with van der Waals surface area (Å²) in [4.78, 5) is 20.5. The Hall–Kier alpha value is -3.26. The standard InChI is InChI=1S/C18H14N4O/c19-11-14-3-1-13(2-4-14)5-6-18(23)22-17-8-10-21-16-7-9-20-12-15(16)17/h1-4,7-10,12H,5-6H2,(H,21,22,23). The van der Waals surface area contributed by atoms with Crippen LogP contribution in [0.3, 0.4) is 0 Å². The molecule has 0 atom stereocenters. The second-order valence-electron chi connectivity index (χ2n) is 5.11. The molecule has 0 unspecified atom stereocenters. The Kier molecular flexibility index (Phi) is 4.25. The molecule has 0 saturated heterocycles. The number of hydrogen-bond acceptors (Lipinski definition) is 4. The summed E-state index contributed by atoms with van der Waals surface area (Å²) in [6, 6.07) is 12.9. The summed E-state index contributed by atoms with van der Waals surface area (Å²) in [5.74, 6) is -0.0642. The second kappa shape index (κ2) is 6.67. The van der Waals surface area contributed by atoms with Crippen molar-refractivity contribution in [3.05, 3.63) is 66.1 Å². The van der Waals surface area contributed by atoms with Crippen LogP contribution in [0, 0.1) is 11.3 Å². The van der Waals surface area contributed by atoms with E-state index in [1.165, 1.54) is 0 Å². The van der Waals surface area contributed by atoms with Crippen LogP contribution < -0.4 is 5.32 Å². The Labute approximate surface area is 133 Å². The lowest BCUT2D eigenvalue weighted by molar-refractivity contribution is -0.116. The van der Waals surface area contributed by atoms with E-state index in [1.807, 2.05) is 18.2 Å². The van der Waals surface area contributed by atoms with Crippen molar-refractivity contribution in [2.24, 2.45) is 0 Å². The van der Waals surface area contributed by atoms with Gasteiger partial charge in [0.1, 0.15) is 0 Å². The van der Waals surface area contributed by atoms with Crippen molar-refractivity contribution >= 4 is 22.5 Å². The van der Waals surface area contributed by atoms with Crippen molar-refractivity contribution in [1.29, 1.82) is 5.26 Å². The number of anilines is 1. The van der Waals surface area contributed by atoms with Crippen LogP contribution in [0.25, 0.3) is 10.9 Å². The maximum atomic E-state index is 12.1. The maximum absolute atomic E-state index is 12.1. The third-order valence-electron chi connectivity index (χ3n) is 3.54. The zero-order valence-electron chi connectivity index (χ0n) is 12.4. The molecule has 3 aromatic rings. The van der Waals surface area contributed by atoms with Gasteiger partial charge in [-0.05, 0) is 36.2 Å². The molecule has 0 spiro atoms. The molecule has 0 aliphatic carbocycles. The summed E-state index contributed by atoms with van der Waals surface area (Å²) < 4.78 is 0. The van der Waals surface area contributed by atoms with Gasteiger partial charge in [0, 0.05) is 30.4 Å².